The number of benzene rings is 3. The summed E-state index contributed by atoms with van der Waals surface area (Å²) >= 11 is 3.35. The molecule has 0 fully saturated rings. The van der Waals surface area contributed by atoms with E-state index in [4.69, 9.17) is 24.7 Å². The molecule has 0 aromatic heterocycles. The first-order valence-electron chi connectivity index (χ1n) is 11.5. The van der Waals surface area contributed by atoms with Crippen molar-refractivity contribution >= 4 is 21.9 Å². The maximum atomic E-state index is 12.3. The average Bonchev–Trinajstić information content (AvgIpc) is 2.88. The van der Waals surface area contributed by atoms with E-state index in [9.17, 15) is 10.1 Å². The van der Waals surface area contributed by atoms with E-state index in [1.54, 1.807) is 30.3 Å². The Bertz CT molecular complexity index is 1310. The van der Waals surface area contributed by atoms with Crippen molar-refractivity contribution < 1.29 is 23.7 Å². The van der Waals surface area contributed by atoms with Crippen LogP contribution in [0.4, 0.5) is 0 Å². The Morgan fingerprint density at radius 1 is 1.06 bits per heavy atom. The summed E-state index contributed by atoms with van der Waals surface area (Å²) in [5.74, 6) is 0.860. The van der Waals surface area contributed by atoms with E-state index in [1.807, 2.05) is 36.4 Å². The van der Waals surface area contributed by atoms with Crippen LogP contribution in [0.25, 0.3) is 0 Å². The van der Waals surface area contributed by atoms with Crippen molar-refractivity contribution in [2.45, 2.75) is 25.7 Å². The average molecular weight is 549 g/mol. The fourth-order valence-corrected chi connectivity index (χ4v) is 4.09. The van der Waals surface area contributed by atoms with Crippen LogP contribution in [-0.4, -0.2) is 19.2 Å². The molecule has 0 bridgehead atoms. The van der Waals surface area contributed by atoms with E-state index >= 15 is 0 Å². The number of halogens is 1. The molecule has 0 spiro atoms. The minimum Gasteiger partial charge on any atom is -0.493 e. The molecule has 7 nitrogen and oxygen atoms in total. The second-order valence-corrected chi connectivity index (χ2v) is 9.00. The number of ether oxygens (including phenoxy) is 4. The first-order chi connectivity index (χ1) is 17.5. The fraction of sp³-hybridized carbons (Fsp3) is 0.214. The number of carbonyl (C=O) groups excluding carboxylic acids is 1. The maximum absolute atomic E-state index is 12.3. The van der Waals surface area contributed by atoms with Crippen molar-refractivity contribution in [1.82, 2.24) is 0 Å². The first kappa shape index (κ1) is 25.1. The molecule has 1 aliphatic rings. The molecule has 36 heavy (non-hydrogen) atoms. The Balaban J connectivity index is 1.56. The van der Waals surface area contributed by atoms with Crippen LogP contribution in [-0.2, 0) is 4.79 Å². The highest BCUT2D eigenvalue weighted by molar-refractivity contribution is 9.10. The molecule has 0 aliphatic carbocycles. The zero-order chi connectivity index (χ0) is 25.5. The van der Waals surface area contributed by atoms with Crippen molar-refractivity contribution in [3.63, 3.8) is 0 Å². The van der Waals surface area contributed by atoms with E-state index in [0.717, 1.165) is 28.4 Å². The van der Waals surface area contributed by atoms with Gasteiger partial charge in [0.05, 0.1) is 12.5 Å². The number of nitriles is 1. The Hall–Kier alpha value is -3.96. The Kier molecular flexibility index (Phi) is 8.13. The number of allylic oxidation sites excluding steroid dienone is 1. The summed E-state index contributed by atoms with van der Waals surface area (Å²) in [6.07, 6.45) is 1.93. The van der Waals surface area contributed by atoms with Gasteiger partial charge < -0.3 is 24.7 Å². The van der Waals surface area contributed by atoms with E-state index in [2.05, 4.69) is 28.9 Å². The Morgan fingerprint density at radius 3 is 2.56 bits per heavy atom. The van der Waals surface area contributed by atoms with Gasteiger partial charge in [-0.2, -0.15) is 5.26 Å². The predicted molar refractivity (Wildman–Crippen MR) is 138 cm³/mol. The number of para-hydroxylation sites is 1. The lowest BCUT2D eigenvalue weighted by molar-refractivity contribution is -0.136. The third-order valence-electron chi connectivity index (χ3n) is 5.58. The van der Waals surface area contributed by atoms with Crippen LogP contribution in [0, 0.1) is 11.3 Å². The number of nitrogens with zero attached hydrogens (tertiary/aromatic N) is 1. The van der Waals surface area contributed by atoms with Gasteiger partial charge in [0.1, 0.15) is 34.6 Å². The minimum absolute atomic E-state index is 0.000379. The summed E-state index contributed by atoms with van der Waals surface area (Å²) < 4.78 is 23.6. The molecular weight excluding hydrogens is 524 g/mol. The SMILES string of the molecule is CCCCOc1ccccc1C1C(C#N)=C(N)Oc2cc(OC(=O)COc3ccc(Br)cc3)ccc21. The van der Waals surface area contributed by atoms with E-state index in [1.165, 1.54) is 0 Å². The number of hydrogen-bond acceptors (Lipinski definition) is 7. The second kappa shape index (κ2) is 11.6. The predicted octanol–water partition coefficient (Wildman–Crippen LogP) is 5.83. The van der Waals surface area contributed by atoms with Gasteiger partial charge in [0.2, 0.25) is 5.88 Å². The standard InChI is InChI=1S/C28H25BrN2O5/c1-2-3-14-33-24-7-5-4-6-21(24)27-22-13-12-20(15-25(22)36-28(31)23(27)16-30)35-26(32)17-34-19-10-8-18(29)9-11-19/h4-13,15,27H,2-3,14,17,31H2,1H3. The molecule has 1 atom stereocenters. The normalized spacial score (nSPS) is 14.3. The zero-order valence-electron chi connectivity index (χ0n) is 19.7. The lowest BCUT2D eigenvalue weighted by atomic mass is 9.83. The van der Waals surface area contributed by atoms with Crippen LogP contribution in [0.2, 0.25) is 0 Å². The third kappa shape index (κ3) is 5.81. The van der Waals surface area contributed by atoms with Crippen LogP contribution in [0.1, 0.15) is 36.8 Å². The van der Waals surface area contributed by atoms with Gasteiger partial charge in [-0.15, -0.1) is 0 Å². The number of hydrogen-bond donors (Lipinski definition) is 1. The Labute approximate surface area is 218 Å². The van der Waals surface area contributed by atoms with Crippen molar-refractivity contribution in [3.8, 4) is 29.1 Å². The van der Waals surface area contributed by atoms with Crippen LogP contribution in [0.15, 0.2) is 82.7 Å². The summed E-state index contributed by atoms with van der Waals surface area (Å²) in [5, 5.41) is 9.87. The first-order valence-corrected chi connectivity index (χ1v) is 12.3. The quantitative estimate of drug-likeness (QED) is 0.204. The molecule has 0 amide bonds. The minimum atomic E-state index is -0.568. The molecular formula is C28H25BrN2O5. The number of nitrogens with two attached hydrogens (primary N) is 1. The molecule has 1 aliphatic heterocycles. The number of unbranched alkanes of at least 4 members (excludes halogenated alkanes) is 1. The monoisotopic (exact) mass is 548 g/mol. The van der Waals surface area contributed by atoms with Gasteiger partial charge in [-0.05, 0) is 42.8 Å². The van der Waals surface area contributed by atoms with Crippen LogP contribution >= 0.6 is 15.9 Å². The van der Waals surface area contributed by atoms with E-state index in [0.29, 0.717) is 29.4 Å². The molecule has 3 aromatic rings. The smallest absolute Gasteiger partial charge is 0.349 e. The molecule has 4 rings (SSSR count). The van der Waals surface area contributed by atoms with Crippen LogP contribution < -0.4 is 24.7 Å². The summed E-state index contributed by atoms with van der Waals surface area (Å²) in [6.45, 7) is 2.41. The van der Waals surface area contributed by atoms with Gasteiger partial charge in [-0.1, -0.05) is 53.5 Å². The van der Waals surface area contributed by atoms with Gasteiger partial charge in [0.15, 0.2) is 6.61 Å². The number of esters is 1. The van der Waals surface area contributed by atoms with Crippen LogP contribution in [0.3, 0.4) is 0 Å². The summed E-state index contributed by atoms with van der Waals surface area (Å²) in [6, 6.07) is 21.9. The van der Waals surface area contributed by atoms with E-state index < -0.39 is 11.9 Å². The van der Waals surface area contributed by atoms with Gasteiger partial charge in [0, 0.05) is 21.7 Å². The molecule has 2 N–H and O–H groups in total. The summed E-state index contributed by atoms with van der Waals surface area (Å²) in [7, 11) is 0. The molecule has 184 valence electrons. The van der Waals surface area contributed by atoms with Crippen molar-refractivity contribution in [1.29, 1.82) is 5.26 Å². The summed E-state index contributed by atoms with van der Waals surface area (Å²) in [5.41, 5.74) is 7.97. The van der Waals surface area contributed by atoms with Crippen molar-refractivity contribution in [3.05, 3.63) is 93.8 Å². The number of fused-ring (bicyclic) bond motifs is 1. The van der Waals surface area contributed by atoms with Gasteiger partial charge in [-0.3, -0.25) is 0 Å². The maximum Gasteiger partial charge on any atom is 0.349 e. The van der Waals surface area contributed by atoms with Gasteiger partial charge in [0.25, 0.3) is 0 Å². The molecule has 3 aromatic carbocycles. The Morgan fingerprint density at radius 2 is 1.81 bits per heavy atom. The fourth-order valence-electron chi connectivity index (χ4n) is 3.83. The molecule has 0 radical (unpaired) electrons. The lowest BCUT2D eigenvalue weighted by Gasteiger charge is -2.28. The molecule has 1 heterocycles. The molecule has 1 unspecified atom stereocenters. The highest BCUT2D eigenvalue weighted by Crippen LogP contribution is 2.45. The molecule has 0 saturated carbocycles. The van der Waals surface area contributed by atoms with Crippen molar-refractivity contribution in [2.75, 3.05) is 13.2 Å². The number of carbonyl (C=O) groups is 1. The highest BCUT2D eigenvalue weighted by atomic mass is 79.9. The second-order valence-electron chi connectivity index (χ2n) is 8.08. The van der Waals surface area contributed by atoms with Gasteiger partial charge >= 0.3 is 5.97 Å². The summed E-state index contributed by atoms with van der Waals surface area (Å²) in [4.78, 5) is 12.3. The topological polar surface area (TPSA) is 104 Å². The third-order valence-corrected chi connectivity index (χ3v) is 6.11. The highest BCUT2D eigenvalue weighted by Gasteiger charge is 2.33. The number of rotatable bonds is 9. The van der Waals surface area contributed by atoms with Crippen molar-refractivity contribution in [2.24, 2.45) is 5.73 Å². The van der Waals surface area contributed by atoms with Gasteiger partial charge in [-0.25, -0.2) is 4.79 Å². The largest absolute Gasteiger partial charge is 0.493 e. The van der Waals surface area contributed by atoms with Crippen LogP contribution in [0.5, 0.6) is 23.0 Å². The zero-order valence-corrected chi connectivity index (χ0v) is 21.3. The molecule has 0 saturated heterocycles. The lowest BCUT2D eigenvalue weighted by Crippen LogP contribution is -2.22. The van der Waals surface area contributed by atoms with E-state index in [-0.39, 0.29) is 18.2 Å². The molecule has 8 heteroatoms.